The van der Waals surface area contributed by atoms with Crippen LogP contribution in [0.2, 0.25) is 0 Å². The second-order valence-electron chi connectivity index (χ2n) is 4.68. The maximum Gasteiger partial charge on any atom is 0.306 e. The molecule has 1 saturated heterocycles. The molecule has 0 radical (unpaired) electrons. The quantitative estimate of drug-likeness (QED) is 0.874. The molecule has 0 spiro atoms. The van der Waals surface area contributed by atoms with E-state index in [9.17, 15) is 14.0 Å². The summed E-state index contributed by atoms with van der Waals surface area (Å²) < 4.78 is 23.5. The van der Waals surface area contributed by atoms with Gasteiger partial charge in [-0.2, -0.15) is 0 Å². The fraction of sp³-hybridized carbons (Fsp3) is 0.429. The monoisotopic (exact) mass is 297 g/mol. The van der Waals surface area contributed by atoms with E-state index in [1.807, 2.05) is 0 Å². The number of carbonyl (C=O) groups is 2. The Bertz CT molecular complexity index is 522. The minimum Gasteiger partial charge on any atom is -0.484 e. The van der Waals surface area contributed by atoms with Gasteiger partial charge in [0.15, 0.2) is 6.61 Å². The molecule has 1 unspecified atom stereocenters. The summed E-state index contributed by atoms with van der Waals surface area (Å²) >= 11 is 0. The summed E-state index contributed by atoms with van der Waals surface area (Å²) in [4.78, 5) is 24.1. The molecule has 0 aliphatic carbocycles. The van der Waals surface area contributed by atoms with Gasteiger partial charge in [-0.25, -0.2) is 4.39 Å². The van der Waals surface area contributed by atoms with Crippen LogP contribution in [0.1, 0.15) is 6.42 Å². The lowest BCUT2D eigenvalue weighted by Crippen LogP contribution is -2.47. The van der Waals surface area contributed by atoms with Crippen molar-refractivity contribution in [1.29, 1.82) is 0 Å². The zero-order valence-corrected chi connectivity index (χ0v) is 11.3. The van der Waals surface area contributed by atoms with Gasteiger partial charge in [0.25, 0.3) is 5.91 Å². The number of hydrogen-bond acceptors (Lipinski definition) is 4. The van der Waals surface area contributed by atoms with Crippen molar-refractivity contribution in [2.45, 2.75) is 12.5 Å². The highest BCUT2D eigenvalue weighted by atomic mass is 19.1. The number of carboxylic acids is 1. The third-order valence-corrected chi connectivity index (χ3v) is 3.05. The van der Waals surface area contributed by atoms with Crippen LogP contribution in [0, 0.1) is 5.82 Å². The largest absolute Gasteiger partial charge is 0.484 e. The molecule has 1 aromatic carbocycles. The zero-order chi connectivity index (χ0) is 15.2. The number of hydrogen-bond donors (Lipinski definition) is 1. The Morgan fingerprint density at radius 3 is 3.00 bits per heavy atom. The number of aliphatic carboxylic acids is 1. The van der Waals surface area contributed by atoms with E-state index in [0.717, 1.165) is 0 Å². The first kappa shape index (κ1) is 15.2. The van der Waals surface area contributed by atoms with Crippen molar-refractivity contribution < 1.29 is 28.6 Å². The van der Waals surface area contributed by atoms with Crippen LogP contribution in [-0.2, 0) is 14.3 Å². The highest BCUT2D eigenvalue weighted by Crippen LogP contribution is 2.13. The summed E-state index contributed by atoms with van der Waals surface area (Å²) in [6.07, 6.45) is -0.650. The van der Waals surface area contributed by atoms with Crippen LogP contribution >= 0.6 is 0 Å². The van der Waals surface area contributed by atoms with Crippen LogP contribution in [-0.4, -0.2) is 54.3 Å². The predicted molar refractivity (Wildman–Crippen MR) is 70.5 cm³/mol. The third-order valence-electron chi connectivity index (χ3n) is 3.05. The number of ether oxygens (including phenoxy) is 2. The lowest BCUT2D eigenvalue weighted by molar-refractivity contribution is -0.148. The minimum atomic E-state index is -0.967. The number of carboxylic acid groups (broad SMARTS) is 1. The van der Waals surface area contributed by atoms with E-state index in [1.165, 1.54) is 23.1 Å². The normalized spacial score (nSPS) is 18.3. The van der Waals surface area contributed by atoms with Crippen molar-refractivity contribution in [3.63, 3.8) is 0 Å². The van der Waals surface area contributed by atoms with Gasteiger partial charge in [0, 0.05) is 19.2 Å². The molecule has 7 heteroatoms. The first-order valence-electron chi connectivity index (χ1n) is 6.54. The first-order valence-corrected chi connectivity index (χ1v) is 6.54. The molecule has 0 aromatic heterocycles. The van der Waals surface area contributed by atoms with Crippen LogP contribution in [0.15, 0.2) is 24.3 Å². The van der Waals surface area contributed by atoms with E-state index in [2.05, 4.69) is 0 Å². The molecule has 1 aliphatic heterocycles. The number of morpholine rings is 1. The summed E-state index contributed by atoms with van der Waals surface area (Å²) in [6, 6.07) is 5.53. The van der Waals surface area contributed by atoms with E-state index in [1.54, 1.807) is 6.07 Å². The molecule has 1 atom stereocenters. The number of halogens is 1. The van der Waals surface area contributed by atoms with Gasteiger partial charge in [0.2, 0.25) is 0 Å². The Kier molecular flexibility index (Phi) is 5.10. The number of carbonyl (C=O) groups excluding carboxylic acids is 1. The summed E-state index contributed by atoms with van der Waals surface area (Å²) in [5.74, 6) is -1.41. The average Bonchev–Trinajstić information content (AvgIpc) is 2.44. The molecule has 1 heterocycles. The molecule has 0 saturated carbocycles. The Labute approximate surface area is 121 Å². The van der Waals surface area contributed by atoms with E-state index >= 15 is 0 Å². The average molecular weight is 297 g/mol. The highest BCUT2D eigenvalue weighted by molar-refractivity contribution is 5.78. The van der Waals surface area contributed by atoms with Gasteiger partial charge in [0.1, 0.15) is 11.6 Å². The fourth-order valence-electron chi connectivity index (χ4n) is 2.06. The summed E-state index contributed by atoms with van der Waals surface area (Å²) in [7, 11) is 0. The van der Waals surface area contributed by atoms with Crippen molar-refractivity contribution in [2.24, 2.45) is 0 Å². The molecule has 1 amide bonds. The number of nitrogens with zero attached hydrogens (tertiary/aromatic N) is 1. The highest BCUT2D eigenvalue weighted by Gasteiger charge is 2.26. The molecular formula is C14H16FNO5. The van der Waals surface area contributed by atoms with E-state index in [-0.39, 0.29) is 31.2 Å². The van der Waals surface area contributed by atoms with Gasteiger partial charge in [0.05, 0.1) is 19.1 Å². The molecule has 1 aliphatic rings. The van der Waals surface area contributed by atoms with E-state index < -0.39 is 17.9 Å². The number of benzene rings is 1. The smallest absolute Gasteiger partial charge is 0.306 e. The molecule has 114 valence electrons. The Morgan fingerprint density at radius 1 is 1.48 bits per heavy atom. The SMILES string of the molecule is O=C(O)CC1CN(C(=O)COc2cccc(F)c2)CCO1. The summed E-state index contributed by atoms with van der Waals surface area (Å²) in [5, 5.41) is 8.72. The lowest BCUT2D eigenvalue weighted by atomic mass is 10.2. The van der Waals surface area contributed by atoms with E-state index in [0.29, 0.717) is 13.2 Å². The standard InChI is InChI=1S/C14H16FNO5/c15-10-2-1-3-11(6-10)21-9-13(17)16-4-5-20-12(8-16)7-14(18)19/h1-3,6,12H,4-5,7-9H2,(H,18,19). The molecule has 2 rings (SSSR count). The van der Waals surface area contributed by atoms with Crippen LogP contribution in [0.5, 0.6) is 5.75 Å². The third kappa shape index (κ3) is 4.71. The minimum absolute atomic E-state index is 0.144. The maximum absolute atomic E-state index is 13.0. The van der Waals surface area contributed by atoms with Gasteiger partial charge in [-0.15, -0.1) is 0 Å². The predicted octanol–water partition coefficient (Wildman–Crippen LogP) is 0.907. The topological polar surface area (TPSA) is 76.1 Å². The van der Waals surface area contributed by atoms with Crippen molar-refractivity contribution >= 4 is 11.9 Å². The van der Waals surface area contributed by atoms with Crippen molar-refractivity contribution in [3.8, 4) is 5.75 Å². The maximum atomic E-state index is 13.0. The van der Waals surface area contributed by atoms with Crippen LogP contribution in [0.25, 0.3) is 0 Å². The summed E-state index contributed by atoms with van der Waals surface area (Å²) in [6.45, 7) is 0.687. The molecule has 1 fully saturated rings. The zero-order valence-electron chi connectivity index (χ0n) is 11.3. The molecule has 21 heavy (non-hydrogen) atoms. The summed E-state index contributed by atoms with van der Waals surface area (Å²) in [5.41, 5.74) is 0. The van der Waals surface area contributed by atoms with Gasteiger partial charge >= 0.3 is 5.97 Å². The van der Waals surface area contributed by atoms with Gasteiger partial charge in [-0.3, -0.25) is 9.59 Å². The van der Waals surface area contributed by atoms with Crippen LogP contribution in [0.4, 0.5) is 4.39 Å². The fourth-order valence-corrected chi connectivity index (χ4v) is 2.06. The Morgan fingerprint density at radius 2 is 2.29 bits per heavy atom. The van der Waals surface area contributed by atoms with Crippen molar-refractivity contribution in [1.82, 2.24) is 4.90 Å². The van der Waals surface area contributed by atoms with E-state index in [4.69, 9.17) is 14.6 Å². The number of amides is 1. The second-order valence-corrected chi connectivity index (χ2v) is 4.68. The number of rotatable bonds is 5. The molecule has 6 nitrogen and oxygen atoms in total. The van der Waals surface area contributed by atoms with Crippen LogP contribution < -0.4 is 4.74 Å². The lowest BCUT2D eigenvalue weighted by Gasteiger charge is -2.32. The molecule has 0 bridgehead atoms. The second kappa shape index (κ2) is 7.03. The molecular weight excluding hydrogens is 281 g/mol. The Hall–Kier alpha value is -2.15. The Balaban J connectivity index is 1.83. The first-order chi connectivity index (χ1) is 10.0. The van der Waals surface area contributed by atoms with Crippen molar-refractivity contribution in [2.75, 3.05) is 26.3 Å². The van der Waals surface area contributed by atoms with Gasteiger partial charge < -0.3 is 19.5 Å². The van der Waals surface area contributed by atoms with Gasteiger partial charge in [-0.05, 0) is 12.1 Å². The van der Waals surface area contributed by atoms with Crippen LogP contribution in [0.3, 0.4) is 0 Å². The van der Waals surface area contributed by atoms with Crippen molar-refractivity contribution in [3.05, 3.63) is 30.1 Å². The molecule has 1 aromatic rings. The van der Waals surface area contributed by atoms with Gasteiger partial charge in [-0.1, -0.05) is 6.07 Å². The molecule has 1 N–H and O–H groups in total.